The standard InChI is InChI=1S/C20H18N4/c1-13-18-19-15(11-14-7-5-6-10-17(14)22-19)12-21-20(18)24(23-13)16-8-3-2-4-9-16/h2-4,8-9,11-12H,5-7,10H2,1H3. The van der Waals surface area contributed by atoms with Crippen LogP contribution in [0.25, 0.3) is 27.6 Å². The molecule has 0 fully saturated rings. The Hall–Kier alpha value is -2.75. The fourth-order valence-corrected chi connectivity index (χ4v) is 3.74. The molecule has 3 heterocycles. The highest BCUT2D eigenvalue weighted by Crippen LogP contribution is 2.30. The molecule has 1 aromatic carbocycles. The van der Waals surface area contributed by atoms with Gasteiger partial charge in [-0.15, -0.1) is 0 Å². The zero-order chi connectivity index (χ0) is 16.1. The number of hydrogen-bond acceptors (Lipinski definition) is 3. The van der Waals surface area contributed by atoms with E-state index in [1.54, 1.807) is 0 Å². The Labute approximate surface area is 140 Å². The summed E-state index contributed by atoms with van der Waals surface area (Å²) in [6.07, 6.45) is 6.67. The molecule has 0 aliphatic heterocycles. The van der Waals surface area contributed by atoms with E-state index in [9.17, 15) is 0 Å². The quantitative estimate of drug-likeness (QED) is 0.530. The molecule has 4 nitrogen and oxygen atoms in total. The zero-order valence-corrected chi connectivity index (χ0v) is 13.7. The van der Waals surface area contributed by atoms with Crippen LogP contribution in [0.5, 0.6) is 0 Å². The van der Waals surface area contributed by atoms with E-state index < -0.39 is 0 Å². The zero-order valence-electron chi connectivity index (χ0n) is 13.7. The van der Waals surface area contributed by atoms with Crippen molar-refractivity contribution in [3.05, 3.63) is 59.5 Å². The van der Waals surface area contributed by atoms with Crippen molar-refractivity contribution in [1.82, 2.24) is 19.7 Å². The molecule has 1 aliphatic carbocycles. The molecule has 1 aliphatic rings. The van der Waals surface area contributed by atoms with Crippen molar-refractivity contribution >= 4 is 21.9 Å². The summed E-state index contributed by atoms with van der Waals surface area (Å²) >= 11 is 0. The summed E-state index contributed by atoms with van der Waals surface area (Å²) in [7, 11) is 0. The molecule has 0 radical (unpaired) electrons. The number of pyridine rings is 2. The lowest BCUT2D eigenvalue weighted by Crippen LogP contribution is -2.05. The Balaban J connectivity index is 1.84. The highest BCUT2D eigenvalue weighted by molar-refractivity contribution is 6.03. The van der Waals surface area contributed by atoms with E-state index in [1.807, 2.05) is 36.0 Å². The number of hydrogen-bond donors (Lipinski definition) is 0. The van der Waals surface area contributed by atoms with Crippen molar-refractivity contribution in [3.63, 3.8) is 0 Å². The van der Waals surface area contributed by atoms with E-state index in [2.05, 4.69) is 18.2 Å². The van der Waals surface area contributed by atoms with Gasteiger partial charge < -0.3 is 0 Å². The first-order valence-corrected chi connectivity index (χ1v) is 8.53. The fraction of sp³-hybridized carbons (Fsp3) is 0.250. The minimum atomic E-state index is 0.884. The van der Waals surface area contributed by atoms with Crippen molar-refractivity contribution < 1.29 is 0 Å². The third-order valence-corrected chi connectivity index (χ3v) is 4.93. The van der Waals surface area contributed by atoms with Crippen molar-refractivity contribution in [2.45, 2.75) is 32.6 Å². The van der Waals surface area contributed by atoms with Crippen LogP contribution < -0.4 is 0 Å². The Kier molecular flexibility index (Phi) is 2.92. The van der Waals surface area contributed by atoms with Gasteiger partial charge in [-0.2, -0.15) is 5.10 Å². The summed E-state index contributed by atoms with van der Waals surface area (Å²) < 4.78 is 1.92. The largest absolute Gasteiger partial charge is 0.252 e. The second-order valence-electron chi connectivity index (χ2n) is 6.53. The molecule has 0 amide bonds. The third-order valence-electron chi connectivity index (χ3n) is 4.93. The molecule has 0 saturated heterocycles. The van der Waals surface area contributed by atoms with Gasteiger partial charge in [-0.25, -0.2) is 9.67 Å². The maximum absolute atomic E-state index is 5.02. The van der Waals surface area contributed by atoms with Gasteiger partial charge in [0.25, 0.3) is 0 Å². The van der Waals surface area contributed by atoms with Gasteiger partial charge in [0.05, 0.1) is 22.3 Å². The number of aryl methyl sites for hydroxylation is 3. The Morgan fingerprint density at radius 1 is 1.04 bits per heavy atom. The fourth-order valence-electron chi connectivity index (χ4n) is 3.74. The second-order valence-corrected chi connectivity index (χ2v) is 6.53. The summed E-state index contributed by atoms with van der Waals surface area (Å²) in [6.45, 7) is 2.05. The van der Waals surface area contributed by atoms with E-state index >= 15 is 0 Å². The Morgan fingerprint density at radius 3 is 2.75 bits per heavy atom. The van der Waals surface area contributed by atoms with E-state index in [4.69, 9.17) is 15.1 Å². The first-order valence-electron chi connectivity index (χ1n) is 8.53. The van der Waals surface area contributed by atoms with Crippen LogP contribution >= 0.6 is 0 Å². The van der Waals surface area contributed by atoms with E-state index in [0.717, 1.165) is 46.2 Å². The molecule has 0 saturated carbocycles. The predicted molar refractivity (Wildman–Crippen MR) is 95.5 cm³/mol. The molecule has 0 atom stereocenters. The van der Waals surface area contributed by atoms with E-state index in [0.29, 0.717) is 0 Å². The highest BCUT2D eigenvalue weighted by Gasteiger charge is 2.17. The summed E-state index contributed by atoms with van der Waals surface area (Å²) in [5.41, 5.74) is 6.58. The van der Waals surface area contributed by atoms with Crippen molar-refractivity contribution in [2.24, 2.45) is 0 Å². The first-order chi connectivity index (χ1) is 11.8. The minimum Gasteiger partial charge on any atom is -0.252 e. The van der Waals surface area contributed by atoms with Crippen LogP contribution in [0.2, 0.25) is 0 Å². The summed E-state index contributed by atoms with van der Waals surface area (Å²) in [4.78, 5) is 9.73. The van der Waals surface area contributed by atoms with Crippen molar-refractivity contribution in [3.8, 4) is 5.69 Å². The summed E-state index contributed by atoms with van der Waals surface area (Å²) in [5, 5.41) is 6.93. The van der Waals surface area contributed by atoms with Gasteiger partial charge >= 0.3 is 0 Å². The monoisotopic (exact) mass is 314 g/mol. The van der Waals surface area contributed by atoms with Crippen LogP contribution in [0, 0.1) is 6.92 Å². The van der Waals surface area contributed by atoms with E-state index in [1.165, 1.54) is 24.1 Å². The van der Waals surface area contributed by atoms with E-state index in [-0.39, 0.29) is 0 Å². The minimum absolute atomic E-state index is 0.884. The number of nitrogens with zero attached hydrogens (tertiary/aromatic N) is 4. The maximum atomic E-state index is 5.02. The normalized spacial score (nSPS) is 14.2. The number of rotatable bonds is 1. The molecule has 3 aromatic heterocycles. The predicted octanol–water partition coefficient (Wildman–Crippen LogP) is 4.16. The molecule has 0 unspecified atom stereocenters. The first kappa shape index (κ1) is 13.7. The summed E-state index contributed by atoms with van der Waals surface area (Å²) in [5.74, 6) is 0. The SMILES string of the molecule is Cc1nn(-c2ccccc2)c2ncc3cc4c(nc3c12)CCCC4. The molecule has 4 heteroatoms. The lowest BCUT2D eigenvalue weighted by atomic mass is 9.95. The Bertz CT molecular complexity index is 1060. The molecule has 5 rings (SSSR count). The smallest absolute Gasteiger partial charge is 0.165 e. The average Bonchev–Trinajstić information content (AvgIpc) is 2.98. The molecule has 0 bridgehead atoms. The highest BCUT2D eigenvalue weighted by atomic mass is 15.3. The number of benzene rings is 1. The van der Waals surface area contributed by atoms with Crippen LogP contribution in [0.4, 0.5) is 0 Å². The molecular formula is C20H18N4. The number of aromatic nitrogens is 4. The van der Waals surface area contributed by atoms with Crippen LogP contribution in [0.1, 0.15) is 29.8 Å². The molecule has 0 spiro atoms. The Morgan fingerprint density at radius 2 is 1.88 bits per heavy atom. The number of para-hydroxylation sites is 1. The van der Waals surface area contributed by atoms with Gasteiger partial charge in [0.2, 0.25) is 0 Å². The third kappa shape index (κ3) is 1.96. The average molecular weight is 314 g/mol. The lowest BCUT2D eigenvalue weighted by molar-refractivity contribution is 0.671. The molecule has 0 N–H and O–H groups in total. The topological polar surface area (TPSA) is 43.6 Å². The molecule has 4 aromatic rings. The maximum Gasteiger partial charge on any atom is 0.165 e. The van der Waals surface area contributed by atoms with Gasteiger partial charge in [0.1, 0.15) is 0 Å². The lowest BCUT2D eigenvalue weighted by Gasteiger charge is -2.15. The van der Waals surface area contributed by atoms with Crippen molar-refractivity contribution in [2.75, 3.05) is 0 Å². The van der Waals surface area contributed by atoms with Gasteiger partial charge in [0.15, 0.2) is 5.65 Å². The molecule has 118 valence electrons. The van der Waals surface area contributed by atoms with Crippen molar-refractivity contribution in [1.29, 1.82) is 0 Å². The van der Waals surface area contributed by atoms with Gasteiger partial charge in [-0.05, 0) is 56.4 Å². The number of fused-ring (bicyclic) bond motifs is 4. The van der Waals surface area contributed by atoms with Crippen LogP contribution in [0.3, 0.4) is 0 Å². The van der Waals surface area contributed by atoms with Crippen LogP contribution in [0.15, 0.2) is 42.6 Å². The summed E-state index contributed by atoms with van der Waals surface area (Å²) in [6, 6.07) is 12.4. The van der Waals surface area contributed by atoms with Gasteiger partial charge in [-0.3, -0.25) is 4.98 Å². The van der Waals surface area contributed by atoms with Gasteiger partial charge in [-0.1, -0.05) is 18.2 Å². The van der Waals surface area contributed by atoms with Gasteiger partial charge in [0, 0.05) is 17.3 Å². The molecular weight excluding hydrogens is 296 g/mol. The molecule has 24 heavy (non-hydrogen) atoms. The van der Waals surface area contributed by atoms with Crippen LogP contribution in [-0.2, 0) is 12.8 Å². The second kappa shape index (κ2) is 5.13. The van der Waals surface area contributed by atoms with Crippen LogP contribution in [-0.4, -0.2) is 19.7 Å².